The number of primary amides is 1. The lowest BCUT2D eigenvalue weighted by Gasteiger charge is -2.35. The minimum atomic E-state index is -0.327. The van der Waals surface area contributed by atoms with Gasteiger partial charge in [-0.2, -0.15) is 0 Å². The number of benzene rings is 1. The van der Waals surface area contributed by atoms with Crippen LogP contribution in [0.25, 0.3) is 21.5 Å². The van der Waals surface area contributed by atoms with Gasteiger partial charge in [0.1, 0.15) is 5.75 Å². The molecule has 1 amide bonds. The molecule has 0 radical (unpaired) electrons. The minimum absolute atomic E-state index is 0.279. The Balaban J connectivity index is 1.55. The van der Waals surface area contributed by atoms with Gasteiger partial charge in [0.15, 0.2) is 0 Å². The summed E-state index contributed by atoms with van der Waals surface area (Å²) in [5, 5.41) is 2.11. The standard InChI is InChI=1S/C21H21N3O3S/c1-2-26-17-8-16(18-9-23-21(28-18)11-3-4-11)24-15-6-5-12(7-13(15)17)19-14(10-27-19)20(22)25/h5-9,11,14,19H,2-4,10H2,1H3,(H2,22,25). The number of aromatic nitrogens is 2. The number of pyridine rings is 1. The van der Waals surface area contributed by atoms with Gasteiger partial charge < -0.3 is 15.2 Å². The molecule has 6 nitrogen and oxygen atoms in total. The van der Waals surface area contributed by atoms with Crippen molar-refractivity contribution in [1.82, 2.24) is 9.97 Å². The molecule has 144 valence electrons. The van der Waals surface area contributed by atoms with E-state index in [2.05, 4.69) is 4.98 Å². The number of thiazole rings is 1. The number of nitrogens with zero attached hydrogens (tertiary/aromatic N) is 2. The molecule has 3 aromatic rings. The van der Waals surface area contributed by atoms with Crippen LogP contribution in [0, 0.1) is 5.92 Å². The fraction of sp³-hybridized carbons (Fsp3) is 0.381. The Morgan fingerprint density at radius 2 is 2.21 bits per heavy atom. The van der Waals surface area contributed by atoms with Crippen LogP contribution in [-0.4, -0.2) is 29.1 Å². The lowest BCUT2D eigenvalue weighted by molar-refractivity contribution is -0.154. The normalized spacial score (nSPS) is 21.5. The number of hydrogen-bond acceptors (Lipinski definition) is 6. The Morgan fingerprint density at radius 3 is 2.89 bits per heavy atom. The van der Waals surface area contributed by atoms with E-state index in [1.165, 1.54) is 17.8 Å². The molecule has 1 saturated heterocycles. The van der Waals surface area contributed by atoms with Crippen LogP contribution in [0.1, 0.15) is 42.4 Å². The lowest BCUT2D eigenvalue weighted by atomic mass is 9.90. The molecule has 1 saturated carbocycles. The van der Waals surface area contributed by atoms with Gasteiger partial charge in [0.05, 0.1) is 46.3 Å². The largest absolute Gasteiger partial charge is 0.493 e. The second-order valence-corrected chi connectivity index (χ2v) is 8.38. The molecular weight excluding hydrogens is 374 g/mol. The van der Waals surface area contributed by atoms with E-state index in [-0.39, 0.29) is 17.9 Å². The van der Waals surface area contributed by atoms with Gasteiger partial charge >= 0.3 is 0 Å². The molecule has 1 aliphatic carbocycles. The maximum Gasteiger partial charge on any atom is 0.225 e. The number of ether oxygens (including phenoxy) is 2. The highest BCUT2D eigenvalue weighted by Gasteiger charge is 2.38. The molecule has 2 unspecified atom stereocenters. The van der Waals surface area contributed by atoms with Gasteiger partial charge in [-0.05, 0) is 37.5 Å². The van der Waals surface area contributed by atoms with Crippen molar-refractivity contribution in [3.63, 3.8) is 0 Å². The summed E-state index contributed by atoms with van der Waals surface area (Å²) >= 11 is 1.72. The van der Waals surface area contributed by atoms with Gasteiger partial charge in [-0.1, -0.05) is 6.07 Å². The SMILES string of the molecule is CCOc1cc(-c2cnc(C3CC3)s2)nc2ccc(C3OCC3C(N)=O)cc12. The lowest BCUT2D eigenvalue weighted by Crippen LogP contribution is -2.42. The molecule has 1 aromatic carbocycles. The van der Waals surface area contributed by atoms with Crippen molar-refractivity contribution < 1.29 is 14.3 Å². The highest BCUT2D eigenvalue weighted by molar-refractivity contribution is 7.15. The average molecular weight is 395 g/mol. The predicted octanol–water partition coefficient (Wildman–Crippen LogP) is 3.81. The zero-order valence-corrected chi connectivity index (χ0v) is 16.4. The van der Waals surface area contributed by atoms with Crippen molar-refractivity contribution in [2.24, 2.45) is 11.7 Å². The van der Waals surface area contributed by atoms with Crippen molar-refractivity contribution in [3.8, 4) is 16.3 Å². The Kier molecular flexibility index (Phi) is 4.29. The zero-order valence-electron chi connectivity index (χ0n) is 15.6. The topological polar surface area (TPSA) is 87.3 Å². The first-order valence-electron chi connectivity index (χ1n) is 9.58. The Labute approximate surface area is 166 Å². The van der Waals surface area contributed by atoms with E-state index < -0.39 is 0 Å². The summed E-state index contributed by atoms with van der Waals surface area (Å²) < 4.78 is 11.5. The van der Waals surface area contributed by atoms with Gasteiger partial charge in [-0.25, -0.2) is 9.97 Å². The molecule has 2 aromatic heterocycles. The summed E-state index contributed by atoms with van der Waals surface area (Å²) in [7, 11) is 0. The number of carbonyl (C=O) groups is 1. The van der Waals surface area contributed by atoms with E-state index in [4.69, 9.17) is 20.2 Å². The molecule has 0 spiro atoms. The smallest absolute Gasteiger partial charge is 0.225 e. The number of amides is 1. The maximum atomic E-state index is 11.6. The molecule has 3 heterocycles. The first-order chi connectivity index (χ1) is 13.6. The first kappa shape index (κ1) is 17.6. The molecule has 5 rings (SSSR count). The van der Waals surface area contributed by atoms with E-state index in [1.54, 1.807) is 11.3 Å². The van der Waals surface area contributed by atoms with Crippen molar-refractivity contribution in [1.29, 1.82) is 0 Å². The van der Waals surface area contributed by atoms with E-state index >= 15 is 0 Å². The number of hydrogen-bond donors (Lipinski definition) is 1. The van der Waals surface area contributed by atoms with E-state index in [0.717, 1.165) is 32.8 Å². The third kappa shape index (κ3) is 3.04. The summed E-state index contributed by atoms with van der Waals surface area (Å²) in [5.74, 6) is 0.805. The summed E-state index contributed by atoms with van der Waals surface area (Å²) in [5.41, 5.74) is 8.12. The van der Waals surface area contributed by atoms with Crippen LogP contribution in [-0.2, 0) is 9.53 Å². The van der Waals surface area contributed by atoms with Crippen molar-refractivity contribution in [2.75, 3.05) is 13.2 Å². The molecule has 2 fully saturated rings. The van der Waals surface area contributed by atoms with E-state index in [1.807, 2.05) is 37.4 Å². The molecule has 28 heavy (non-hydrogen) atoms. The van der Waals surface area contributed by atoms with Crippen LogP contribution < -0.4 is 10.5 Å². The summed E-state index contributed by atoms with van der Waals surface area (Å²) in [6.45, 7) is 2.90. The maximum absolute atomic E-state index is 11.6. The second kappa shape index (κ2) is 6.83. The van der Waals surface area contributed by atoms with Crippen LogP contribution in [0.4, 0.5) is 0 Å². The zero-order chi connectivity index (χ0) is 19.3. The van der Waals surface area contributed by atoms with Crippen LogP contribution in [0.2, 0.25) is 0 Å². The number of nitrogens with two attached hydrogens (primary N) is 1. The van der Waals surface area contributed by atoms with Gasteiger partial charge in [0.2, 0.25) is 5.91 Å². The van der Waals surface area contributed by atoms with Crippen molar-refractivity contribution in [3.05, 3.63) is 41.0 Å². The molecule has 2 aliphatic rings. The monoisotopic (exact) mass is 395 g/mol. The molecule has 0 bridgehead atoms. The third-order valence-electron chi connectivity index (χ3n) is 5.31. The molecule has 1 aliphatic heterocycles. The number of carbonyl (C=O) groups excluding carboxylic acids is 1. The Morgan fingerprint density at radius 1 is 1.36 bits per heavy atom. The van der Waals surface area contributed by atoms with Gasteiger partial charge in [0.25, 0.3) is 0 Å². The predicted molar refractivity (Wildman–Crippen MR) is 107 cm³/mol. The summed E-state index contributed by atoms with van der Waals surface area (Å²) in [4.78, 5) is 22.0. The highest BCUT2D eigenvalue weighted by Crippen LogP contribution is 2.44. The van der Waals surface area contributed by atoms with Crippen LogP contribution >= 0.6 is 11.3 Å². The quantitative estimate of drug-likeness (QED) is 0.686. The minimum Gasteiger partial charge on any atom is -0.493 e. The van der Waals surface area contributed by atoms with Crippen LogP contribution in [0.5, 0.6) is 5.75 Å². The second-order valence-electron chi connectivity index (χ2n) is 7.32. The summed E-state index contributed by atoms with van der Waals surface area (Å²) in [6, 6.07) is 7.89. The summed E-state index contributed by atoms with van der Waals surface area (Å²) in [6.07, 6.45) is 4.09. The van der Waals surface area contributed by atoms with Crippen molar-refractivity contribution >= 4 is 28.1 Å². The fourth-order valence-electron chi connectivity index (χ4n) is 3.56. The number of fused-ring (bicyclic) bond motifs is 1. The van der Waals surface area contributed by atoms with Gasteiger partial charge in [0, 0.05) is 23.6 Å². The Hall–Kier alpha value is -2.51. The van der Waals surface area contributed by atoms with Crippen molar-refractivity contribution in [2.45, 2.75) is 31.8 Å². The van der Waals surface area contributed by atoms with Gasteiger partial charge in [-0.3, -0.25) is 4.79 Å². The Bertz CT molecular complexity index is 1060. The third-order valence-corrected chi connectivity index (χ3v) is 6.49. The van der Waals surface area contributed by atoms with E-state index in [9.17, 15) is 4.79 Å². The van der Waals surface area contributed by atoms with E-state index in [0.29, 0.717) is 19.1 Å². The number of rotatable bonds is 6. The molecular formula is C21H21N3O3S. The average Bonchev–Trinajstić information content (AvgIpc) is 3.37. The van der Waals surface area contributed by atoms with Crippen LogP contribution in [0.15, 0.2) is 30.5 Å². The first-order valence-corrected chi connectivity index (χ1v) is 10.4. The highest BCUT2D eigenvalue weighted by atomic mass is 32.1. The molecule has 7 heteroatoms. The van der Waals surface area contributed by atoms with Gasteiger partial charge in [-0.15, -0.1) is 11.3 Å². The molecule has 2 atom stereocenters. The fourth-order valence-corrected chi connectivity index (χ4v) is 4.61. The van der Waals surface area contributed by atoms with Crippen LogP contribution in [0.3, 0.4) is 0 Å². The molecule has 2 N–H and O–H groups in total.